The van der Waals surface area contributed by atoms with E-state index in [-0.39, 0.29) is 12.0 Å². The number of carbonyl (C=O) groups is 1. The monoisotopic (exact) mass is 401 g/mol. The van der Waals surface area contributed by atoms with Gasteiger partial charge in [-0.3, -0.25) is 10.1 Å². The van der Waals surface area contributed by atoms with Crippen molar-refractivity contribution >= 4 is 29.2 Å². The van der Waals surface area contributed by atoms with E-state index in [0.717, 1.165) is 30.7 Å². The molecule has 2 aromatic carbocycles. The van der Waals surface area contributed by atoms with E-state index in [1.807, 2.05) is 25.1 Å². The van der Waals surface area contributed by atoms with Crippen molar-refractivity contribution in [3.8, 4) is 5.75 Å². The Morgan fingerprint density at radius 1 is 1.29 bits per heavy atom. The van der Waals surface area contributed by atoms with Crippen molar-refractivity contribution < 1.29 is 14.3 Å². The summed E-state index contributed by atoms with van der Waals surface area (Å²) in [5, 5.41) is 6.60. The fourth-order valence-electron chi connectivity index (χ4n) is 2.92. The number of nitrogens with zero attached hydrogens (tertiary/aromatic N) is 1. The smallest absolute Gasteiger partial charge is 0.257 e. The molecular weight excluding hydrogens is 378 g/mol. The van der Waals surface area contributed by atoms with Gasteiger partial charge in [0.25, 0.3) is 5.91 Å². The first-order valence-corrected chi connectivity index (χ1v) is 9.57. The van der Waals surface area contributed by atoms with Gasteiger partial charge in [0, 0.05) is 17.2 Å². The third kappa shape index (κ3) is 5.47. The first-order chi connectivity index (χ1) is 13.5. The molecule has 0 radical (unpaired) electrons. The Kier molecular flexibility index (Phi) is 6.90. The molecule has 1 aliphatic heterocycles. The minimum absolute atomic E-state index is 0.0728. The van der Waals surface area contributed by atoms with Gasteiger partial charge in [-0.25, -0.2) is 4.99 Å². The number of anilines is 1. The summed E-state index contributed by atoms with van der Waals surface area (Å²) >= 11 is 5.90. The van der Waals surface area contributed by atoms with E-state index in [0.29, 0.717) is 28.8 Å². The number of hydrogen-bond donors (Lipinski definition) is 2. The van der Waals surface area contributed by atoms with Crippen LogP contribution in [0.15, 0.2) is 47.5 Å². The van der Waals surface area contributed by atoms with Crippen molar-refractivity contribution in [1.82, 2.24) is 5.32 Å². The fourth-order valence-corrected chi connectivity index (χ4v) is 3.05. The van der Waals surface area contributed by atoms with E-state index >= 15 is 0 Å². The molecule has 1 atom stereocenters. The van der Waals surface area contributed by atoms with Crippen LogP contribution in [0.1, 0.15) is 28.8 Å². The zero-order valence-corrected chi connectivity index (χ0v) is 16.8. The number of benzene rings is 2. The van der Waals surface area contributed by atoms with E-state index in [1.54, 1.807) is 31.4 Å². The third-order valence-electron chi connectivity index (χ3n) is 4.42. The standard InChI is InChI=1S/C21H24ClN3O3/c1-14-5-10-19(27-2)18(12-14)24-21(23-13-17-4-3-11-28-17)25-20(26)15-6-8-16(22)9-7-15/h5-10,12,17H,3-4,11,13H2,1-2H3,(H2,23,24,25,26)/t17-/m0/s1. The largest absolute Gasteiger partial charge is 0.495 e. The number of carbonyl (C=O) groups excluding carboxylic acids is 1. The molecule has 1 fully saturated rings. The van der Waals surface area contributed by atoms with Crippen molar-refractivity contribution in [2.24, 2.45) is 4.99 Å². The van der Waals surface area contributed by atoms with Crippen LogP contribution in [0.3, 0.4) is 0 Å². The molecule has 2 aromatic rings. The molecule has 0 unspecified atom stereocenters. The van der Waals surface area contributed by atoms with E-state index < -0.39 is 0 Å². The topological polar surface area (TPSA) is 71.9 Å². The van der Waals surface area contributed by atoms with Crippen molar-refractivity contribution in [2.75, 3.05) is 25.6 Å². The molecule has 1 amide bonds. The molecule has 0 saturated carbocycles. The van der Waals surface area contributed by atoms with E-state index in [1.165, 1.54) is 0 Å². The van der Waals surface area contributed by atoms with Crippen LogP contribution in [0.2, 0.25) is 5.02 Å². The molecule has 6 nitrogen and oxygen atoms in total. The Balaban J connectivity index is 1.80. The Labute approximate surface area is 169 Å². The van der Waals surface area contributed by atoms with Crippen molar-refractivity contribution in [2.45, 2.75) is 25.9 Å². The summed E-state index contributed by atoms with van der Waals surface area (Å²) in [6, 6.07) is 12.5. The molecule has 0 aliphatic carbocycles. The molecular formula is C21H24ClN3O3. The van der Waals surface area contributed by atoms with Gasteiger partial charge in [-0.05, 0) is 61.7 Å². The van der Waals surface area contributed by atoms with Gasteiger partial charge in [0.1, 0.15) is 5.75 Å². The number of amides is 1. The highest BCUT2D eigenvalue weighted by atomic mass is 35.5. The van der Waals surface area contributed by atoms with E-state index in [2.05, 4.69) is 15.6 Å². The van der Waals surface area contributed by atoms with Crippen LogP contribution in [0.25, 0.3) is 0 Å². The number of rotatable bonds is 5. The summed E-state index contributed by atoms with van der Waals surface area (Å²) in [6.45, 7) is 3.21. The quantitative estimate of drug-likeness (QED) is 0.586. The number of guanidine groups is 1. The van der Waals surface area contributed by atoms with E-state index in [4.69, 9.17) is 21.1 Å². The lowest BCUT2D eigenvalue weighted by Gasteiger charge is -2.16. The first-order valence-electron chi connectivity index (χ1n) is 9.20. The predicted octanol–water partition coefficient (Wildman–Crippen LogP) is 4.03. The summed E-state index contributed by atoms with van der Waals surface area (Å²) in [6.07, 6.45) is 2.07. The fraction of sp³-hybridized carbons (Fsp3) is 0.333. The van der Waals surface area contributed by atoms with Gasteiger partial charge in [-0.1, -0.05) is 17.7 Å². The van der Waals surface area contributed by atoms with Crippen LogP contribution in [-0.2, 0) is 4.74 Å². The highest BCUT2D eigenvalue weighted by Gasteiger charge is 2.17. The molecule has 1 saturated heterocycles. The molecule has 148 valence electrons. The maximum Gasteiger partial charge on any atom is 0.257 e. The molecule has 3 rings (SSSR count). The minimum atomic E-state index is -0.276. The number of ether oxygens (including phenoxy) is 2. The molecule has 1 heterocycles. The molecule has 0 aromatic heterocycles. The summed E-state index contributed by atoms with van der Waals surface area (Å²) < 4.78 is 11.0. The zero-order valence-electron chi connectivity index (χ0n) is 16.0. The summed E-state index contributed by atoms with van der Waals surface area (Å²) in [4.78, 5) is 17.2. The Bertz CT molecular complexity index is 846. The average molecular weight is 402 g/mol. The Morgan fingerprint density at radius 3 is 2.75 bits per heavy atom. The van der Waals surface area contributed by atoms with Crippen LogP contribution >= 0.6 is 11.6 Å². The predicted molar refractivity (Wildman–Crippen MR) is 112 cm³/mol. The molecule has 28 heavy (non-hydrogen) atoms. The van der Waals surface area contributed by atoms with Crippen molar-refractivity contribution in [3.05, 3.63) is 58.6 Å². The van der Waals surface area contributed by atoms with Gasteiger partial charge in [-0.2, -0.15) is 0 Å². The van der Waals surface area contributed by atoms with Crippen LogP contribution in [0.4, 0.5) is 5.69 Å². The summed E-state index contributed by atoms with van der Waals surface area (Å²) in [5.41, 5.74) is 2.28. The first kappa shape index (κ1) is 20.2. The number of methoxy groups -OCH3 is 1. The second-order valence-electron chi connectivity index (χ2n) is 6.61. The zero-order chi connectivity index (χ0) is 19.9. The van der Waals surface area contributed by atoms with Gasteiger partial charge in [-0.15, -0.1) is 0 Å². The Morgan fingerprint density at radius 2 is 2.07 bits per heavy atom. The summed E-state index contributed by atoms with van der Waals surface area (Å²) in [7, 11) is 1.60. The second-order valence-corrected chi connectivity index (χ2v) is 7.05. The number of hydrogen-bond acceptors (Lipinski definition) is 4. The molecule has 2 N–H and O–H groups in total. The number of aliphatic imine (C=N–C) groups is 1. The van der Waals surface area contributed by atoms with Gasteiger partial charge < -0.3 is 14.8 Å². The normalized spacial score (nSPS) is 16.7. The second kappa shape index (κ2) is 9.57. The third-order valence-corrected chi connectivity index (χ3v) is 4.68. The van der Waals surface area contributed by atoms with Gasteiger partial charge >= 0.3 is 0 Å². The molecule has 0 bridgehead atoms. The van der Waals surface area contributed by atoms with Crippen LogP contribution in [0.5, 0.6) is 5.75 Å². The number of nitrogens with one attached hydrogen (secondary N) is 2. The lowest BCUT2D eigenvalue weighted by Crippen LogP contribution is -2.36. The molecule has 7 heteroatoms. The average Bonchev–Trinajstić information content (AvgIpc) is 3.20. The highest BCUT2D eigenvalue weighted by Crippen LogP contribution is 2.25. The molecule has 0 spiro atoms. The lowest BCUT2D eigenvalue weighted by molar-refractivity contribution is 0.0975. The SMILES string of the molecule is COc1ccc(C)cc1NC(=NC[C@@H]1CCCO1)NC(=O)c1ccc(Cl)cc1. The number of aryl methyl sites for hydroxylation is 1. The maximum absolute atomic E-state index is 12.6. The highest BCUT2D eigenvalue weighted by molar-refractivity contribution is 6.30. The van der Waals surface area contributed by atoms with Gasteiger partial charge in [0.05, 0.1) is 25.4 Å². The van der Waals surface area contributed by atoms with Crippen LogP contribution in [0, 0.1) is 6.92 Å². The summed E-state index contributed by atoms with van der Waals surface area (Å²) in [5.74, 6) is 0.734. The molecule has 1 aliphatic rings. The maximum atomic E-state index is 12.6. The lowest BCUT2D eigenvalue weighted by atomic mass is 10.2. The van der Waals surface area contributed by atoms with Gasteiger partial charge in [0.15, 0.2) is 0 Å². The number of halogens is 1. The minimum Gasteiger partial charge on any atom is -0.495 e. The van der Waals surface area contributed by atoms with Crippen molar-refractivity contribution in [3.63, 3.8) is 0 Å². The van der Waals surface area contributed by atoms with E-state index in [9.17, 15) is 4.79 Å². The Hall–Kier alpha value is -2.57. The van der Waals surface area contributed by atoms with Crippen LogP contribution in [-0.4, -0.2) is 38.2 Å². The van der Waals surface area contributed by atoms with Gasteiger partial charge in [0.2, 0.25) is 5.96 Å². The van der Waals surface area contributed by atoms with Crippen molar-refractivity contribution in [1.29, 1.82) is 0 Å². The van der Waals surface area contributed by atoms with Crippen LogP contribution < -0.4 is 15.4 Å².